The fraction of sp³-hybridized carbons (Fsp3) is 0.600. The van der Waals surface area contributed by atoms with E-state index < -0.39 is 0 Å². The van der Waals surface area contributed by atoms with Crippen LogP contribution in [0.2, 0.25) is 0 Å². The number of aliphatic hydroxyl groups excluding tert-OH is 1. The molecule has 1 fully saturated rings. The molecular formula is C15H23NO. The molecule has 0 spiro atoms. The molecule has 1 unspecified atom stereocenters. The van der Waals surface area contributed by atoms with Gasteiger partial charge in [-0.15, -0.1) is 0 Å². The molecule has 1 aromatic carbocycles. The maximum atomic E-state index is 10.2. The topological polar surface area (TPSA) is 23.5 Å². The summed E-state index contributed by atoms with van der Waals surface area (Å²) in [6.07, 6.45) is 2.18. The van der Waals surface area contributed by atoms with Crippen LogP contribution in [0.5, 0.6) is 0 Å². The summed E-state index contributed by atoms with van der Waals surface area (Å²) in [5.74, 6) is 0. The van der Waals surface area contributed by atoms with Crippen LogP contribution in [0.25, 0.3) is 0 Å². The molecule has 1 heterocycles. The Morgan fingerprint density at radius 3 is 2.65 bits per heavy atom. The molecule has 2 rings (SSSR count). The third-order valence-electron chi connectivity index (χ3n) is 3.60. The van der Waals surface area contributed by atoms with Gasteiger partial charge in [0.05, 0.1) is 6.10 Å². The van der Waals surface area contributed by atoms with E-state index in [4.69, 9.17) is 0 Å². The van der Waals surface area contributed by atoms with Crippen molar-refractivity contribution in [2.24, 2.45) is 5.41 Å². The van der Waals surface area contributed by atoms with E-state index in [0.717, 1.165) is 25.2 Å². The molecule has 0 aromatic heterocycles. The van der Waals surface area contributed by atoms with Crippen LogP contribution in [0.15, 0.2) is 30.3 Å². The first-order chi connectivity index (χ1) is 8.07. The molecule has 0 radical (unpaired) electrons. The van der Waals surface area contributed by atoms with E-state index in [1.54, 1.807) is 0 Å². The number of likely N-dealkylation sites (tertiary alicyclic amines) is 1. The highest BCUT2D eigenvalue weighted by molar-refractivity contribution is 5.17. The van der Waals surface area contributed by atoms with Crippen LogP contribution in [0, 0.1) is 5.41 Å². The van der Waals surface area contributed by atoms with Gasteiger partial charge in [0.25, 0.3) is 0 Å². The maximum absolute atomic E-state index is 10.2. The molecular weight excluding hydrogens is 210 g/mol. The molecule has 1 aliphatic rings. The van der Waals surface area contributed by atoms with E-state index in [-0.39, 0.29) is 6.10 Å². The number of hydrogen-bond donors (Lipinski definition) is 1. The molecule has 1 N–H and O–H groups in total. The standard InChI is InChI=1S/C15H23NO/c1-15(2)9-6-10-16(12-15)11-14(17)13-7-4-3-5-8-13/h3-5,7-8,14,17H,6,9-12H2,1-2H3. The van der Waals surface area contributed by atoms with Gasteiger partial charge in [0.1, 0.15) is 0 Å². The van der Waals surface area contributed by atoms with E-state index in [1.807, 2.05) is 30.3 Å². The normalized spacial score (nSPS) is 22.3. The number of aliphatic hydroxyl groups is 1. The minimum Gasteiger partial charge on any atom is -0.387 e. The van der Waals surface area contributed by atoms with Crippen LogP contribution in [0.3, 0.4) is 0 Å². The number of hydrogen-bond acceptors (Lipinski definition) is 2. The molecule has 0 saturated carbocycles. The van der Waals surface area contributed by atoms with Gasteiger partial charge in [0, 0.05) is 13.1 Å². The molecule has 1 saturated heterocycles. The van der Waals surface area contributed by atoms with Crippen LogP contribution < -0.4 is 0 Å². The minimum absolute atomic E-state index is 0.356. The summed E-state index contributed by atoms with van der Waals surface area (Å²) < 4.78 is 0. The van der Waals surface area contributed by atoms with E-state index in [2.05, 4.69) is 18.7 Å². The Balaban J connectivity index is 1.93. The highest BCUT2D eigenvalue weighted by Gasteiger charge is 2.27. The highest BCUT2D eigenvalue weighted by atomic mass is 16.3. The Bertz CT molecular complexity index is 347. The van der Waals surface area contributed by atoms with Gasteiger partial charge >= 0.3 is 0 Å². The zero-order chi connectivity index (χ0) is 12.3. The van der Waals surface area contributed by atoms with Gasteiger partial charge in [-0.05, 0) is 30.4 Å². The van der Waals surface area contributed by atoms with Crippen molar-refractivity contribution in [1.82, 2.24) is 4.90 Å². The smallest absolute Gasteiger partial charge is 0.0916 e. The molecule has 0 amide bonds. The zero-order valence-corrected chi connectivity index (χ0v) is 10.9. The Morgan fingerprint density at radius 1 is 1.29 bits per heavy atom. The zero-order valence-electron chi connectivity index (χ0n) is 10.9. The van der Waals surface area contributed by atoms with Gasteiger partial charge in [-0.1, -0.05) is 44.2 Å². The lowest BCUT2D eigenvalue weighted by atomic mass is 9.84. The first kappa shape index (κ1) is 12.6. The molecule has 0 bridgehead atoms. The van der Waals surface area contributed by atoms with Gasteiger partial charge < -0.3 is 5.11 Å². The molecule has 17 heavy (non-hydrogen) atoms. The number of nitrogens with zero attached hydrogens (tertiary/aromatic N) is 1. The number of piperidine rings is 1. The largest absolute Gasteiger partial charge is 0.387 e. The van der Waals surface area contributed by atoms with Gasteiger partial charge in [0.15, 0.2) is 0 Å². The number of rotatable bonds is 3. The first-order valence-corrected chi connectivity index (χ1v) is 6.52. The number of benzene rings is 1. The minimum atomic E-state index is -0.356. The summed E-state index contributed by atoms with van der Waals surface area (Å²) in [5, 5.41) is 10.2. The second-order valence-corrected chi connectivity index (χ2v) is 5.93. The van der Waals surface area contributed by atoms with Crippen molar-refractivity contribution < 1.29 is 5.11 Å². The van der Waals surface area contributed by atoms with Crippen molar-refractivity contribution in [2.45, 2.75) is 32.8 Å². The van der Waals surface area contributed by atoms with E-state index >= 15 is 0 Å². The lowest BCUT2D eigenvalue weighted by Gasteiger charge is -2.38. The van der Waals surface area contributed by atoms with Crippen LogP contribution in [-0.2, 0) is 0 Å². The van der Waals surface area contributed by atoms with Gasteiger partial charge in [0.2, 0.25) is 0 Å². The monoisotopic (exact) mass is 233 g/mol. The van der Waals surface area contributed by atoms with E-state index in [9.17, 15) is 5.11 Å². The van der Waals surface area contributed by atoms with Gasteiger partial charge in [-0.2, -0.15) is 0 Å². The Morgan fingerprint density at radius 2 is 2.00 bits per heavy atom. The molecule has 1 aliphatic heterocycles. The summed E-state index contributed by atoms with van der Waals surface area (Å²) in [6, 6.07) is 9.96. The average Bonchev–Trinajstić information content (AvgIpc) is 2.29. The third-order valence-corrected chi connectivity index (χ3v) is 3.60. The molecule has 94 valence electrons. The summed E-state index contributed by atoms with van der Waals surface area (Å²) in [7, 11) is 0. The molecule has 0 aliphatic carbocycles. The summed E-state index contributed by atoms with van der Waals surface area (Å²) in [4.78, 5) is 2.39. The fourth-order valence-electron chi connectivity index (χ4n) is 2.73. The lowest BCUT2D eigenvalue weighted by molar-refractivity contribution is 0.0598. The Kier molecular flexibility index (Phi) is 3.85. The van der Waals surface area contributed by atoms with Gasteiger partial charge in [-0.3, -0.25) is 4.90 Å². The molecule has 2 heteroatoms. The predicted molar refractivity (Wildman–Crippen MR) is 70.9 cm³/mol. The molecule has 2 nitrogen and oxygen atoms in total. The molecule has 1 aromatic rings. The maximum Gasteiger partial charge on any atom is 0.0916 e. The summed E-state index contributed by atoms with van der Waals surface area (Å²) in [5.41, 5.74) is 1.42. The van der Waals surface area contributed by atoms with Crippen LogP contribution in [0.4, 0.5) is 0 Å². The first-order valence-electron chi connectivity index (χ1n) is 6.52. The van der Waals surface area contributed by atoms with Crippen LogP contribution >= 0.6 is 0 Å². The quantitative estimate of drug-likeness (QED) is 0.867. The third kappa shape index (κ3) is 3.55. The second-order valence-electron chi connectivity index (χ2n) is 5.93. The van der Waals surface area contributed by atoms with Crippen molar-refractivity contribution in [3.63, 3.8) is 0 Å². The highest BCUT2D eigenvalue weighted by Crippen LogP contribution is 2.29. The van der Waals surface area contributed by atoms with Crippen LogP contribution in [0.1, 0.15) is 38.4 Å². The SMILES string of the molecule is CC1(C)CCCN(CC(O)c2ccccc2)C1. The van der Waals surface area contributed by atoms with E-state index in [1.165, 1.54) is 12.8 Å². The average molecular weight is 233 g/mol. The van der Waals surface area contributed by atoms with Crippen molar-refractivity contribution in [3.8, 4) is 0 Å². The van der Waals surface area contributed by atoms with Crippen molar-refractivity contribution in [3.05, 3.63) is 35.9 Å². The Labute approximate surface area is 104 Å². The number of β-amino-alcohol motifs (C(OH)–C–C–N with tert-alkyl or cyclic N) is 1. The molecule has 1 atom stereocenters. The van der Waals surface area contributed by atoms with Crippen LogP contribution in [-0.4, -0.2) is 29.6 Å². The fourth-order valence-corrected chi connectivity index (χ4v) is 2.73. The Hall–Kier alpha value is -0.860. The predicted octanol–water partition coefficient (Wildman–Crippen LogP) is 2.84. The van der Waals surface area contributed by atoms with Crippen molar-refractivity contribution >= 4 is 0 Å². The lowest BCUT2D eigenvalue weighted by Crippen LogP contribution is -2.41. The second kappa shape index (κ2) is 5.19. The van der Waals surface area contributed by atoms with Crippen molar-refractivity contribution in [1.29, 1.82) is 0 Å². The van der Waals surface area contributed by atoms with E-state index in [0.29, 0.717) is 5.41 Å². The summed E-state index contributed by atoms with van der Waals surface area (Å²) >= 11 is 0. The van der Waals surface area contributed by atoms with Gasteiger partial charge in [-0.25, -0.2) is 0 Å². The van der Waals surface area contributed by atoms with Crippen molar-refractivity contribution in [2.75, 3.05) is 19.6 Å². The summed E-state index contributed by atoms with van der Waals surface area (Å²) in [6.45, 7) is 7.60.